The molecule has 2 rings (SSSR count). The van der Waals surface area contributed by atoms with Gasteiger partial charge in [-0.2, -0.15) is 0 Å². The molecule has 1 amide bonds. The SMILES string of the molecule is C[C@@H]1C[C@H](C)CN(C(=O)[C@H](C)S(=O)(=O)c2nccs2)C1. The van der Waals surface area contributed by atoms with Crippen LogP contribution >= 0.6 is 11.3 Å². The summed E-state index contributed by atoms with van der Waals surface area (Å²) < 4.78 is 24.7. The molecule has 0 radical (unpaired) electrons. The molecule has 1 aliphatic heterocycles. The summed E-state index contributed by atoms with van der Waals surface area (Å²) in [4.78, 5) is 18.0. The van der Waals surface area contributed by atoms with Crippen molar-refractivity contribution in [3.05, 3.63) is 11.6 Å². The first-order chi connectivity index (χ1) is 9.32. The van der Waals surface area contributed by atoms with E-state index in [9.17, 15) is 13.2 Å². The Morgan fingerprint density at radius 3 is 2.50 bits per heavy atom. The molecule has 112 valence electrons. The summed E-state index contributed by atoms with van der Waals surface area (Å²) in [7, 11) is -3.66. The maximum absolute atomic E-state index is 12.5. The molecule has 0 saturated carbocycles. The van der Waals surface area contributed by atoms with Gasteiger partial charge >= 0.3 is 0 Å². The second-order valence-corrected chi connectivity index (χ2v) is 9.01. The summed E-state index contributed by atoms with van der Waals surface area (Å²) in [6.07, 6.45) is 2.52. The second kappa shape index (κ2) is 5.81. The van der Waals surface area contributed by atoms with Gasteiger partial charge < -0.3 is 4.90 Å². The first-order valence-corrected chi connectivity index (χ1v) is 9.17. The van der Waals surface area contributed by atoms with Crippen molar-refractivity contribution in [2.24, 2.45) is 11.8 Å². The number of aromatic nitrogens is 1. The zero-order valence-corrected chi connectivity index (χ0v) is 13.6. The number of amides is 1. The Hall–Kier alpha value is -0.950. The lowest BCUT2D eigenvalue weighted by atomic mass is 9.92. The number of hydrogen-bond donors (Lipinski definition) is 0. The summed E-state index contributed by atoms with van der Waals surface area (Å²) in [6.45, 7) is 6.93. The molecule has 1 fully saturated rings. The van der Waals surface area contributed by atoms with E-state index in [0.29, 0.717) is 24.9 Å². The predicted octanol–water partition coefficient (Wildman–Crippen LogP) is 1.81. The minimum absolute atomic E-state index is 0.0245. The third-order valence-electron chi connectivity index (χ3n) is 3.65. The van der Waals surface area contributed by atoms with Crippen LogP contribution in [0.4, 0.5) is 0 Å². The van der Waals surface area contributed by atoms with Gasteiger partial charge in [-0.15, -0.1) is 11.3 Å². The van der Waals surface area contributed by atoms with Crippen molar-refractivity contribution < 1.29 is 13.2 Å². The van der Waals surface area contributed by atoms with Crippen molar-refractivity contribution >= 4 is 27.1 Å². The van der Waals surface area contributed by atoms with Gasteiger partial charge in [-0.3, -0.25) is 4.79 Å². The molecule has 7 heteroatoms. The summed E-state index contributed by atoms with van der Waals surface area (Å²) >= 11 is 1.05. The van der Waals surface area contributed by atoms with Crippen LogP contribution in [-0.4, -0.2) is 42.5 Å². The van der Waals surface area contributed by atoms with Gasteiger partial charge in [0.05, 0.1) is 0 Å². The highest BCUT2D eigenvalue weighted by atomic mass is 32.2. The first-order valence-electron chi connectivity index (χ1n) is 6.74. The Bertz CT molecular complexity index is 558. The average Bonchev–Trinajstić information content (AvgIpc) is 2.90. The number of hydrogen-bond acceptors (Lipinski definition) is 5. The number of carbonyl (C=O) groups is 1. The molecule has 0 aliphatic carbocycles. The van der Waals surface area contributed by atoms with Crippen molar-refractivity contribution in [1.82, 2.24) is 9.88 Å². The fourth-order valence-electron chi connectivity index (χ4n) is 2.73. The molecule has 0 spiro atoms. The molecule has 0 bridgehead atoms. The van der Waals surface area contributed by atoms with E-state index in [2.05, 4.69) is 18.8 Å². The lowest BCUT2D eigenvalue weighted by Crippen LogP contribution is -2.48. The highest BCUT2D eigenvalue weighted by Crippen LogP contribution is 2.24. The van der Waals surface area contributed by atoms with Crippen LogP contribution in [0.5, 0.6) is 0 Å². The number of sulfone groups is 1. The molecule has 20 heavy (non-hydrogen) atoms. The maximum atomic E-state index is 12.5. The quantitative estimate of drug-likeness (QED) is 0.853. The summed E-state index contributed by atoms with van der Waals surface area (Å²) in [5.41, 5.74) is 0. The van der Waals surface area contributed by atoms with E-state index in [1.807, 2.05) is 0 Å². The lowest BCUT2D eigenvalue weighted by Gasteiger charge is -2.36. The van der Waals surface area contributed by atoms with Crippen LogP contribution in [0, 0.1) is 11.8 Å². The van der Waals surface area contributed by atoms with Crippen LogP contribution in [-0.2, 0) is 14.6 Å². The van der Waals surface area contributed by atoms with E-state index < -0.39 is 15.1 Å². The van der Waals surface area contributed by atoms with Gasteiger partial charge in [-0.1, -0.05) is 13.8 Å². The number of nitrogens with zero attached hydrogens (tertiary/aromatic N) is 2. The average molecular weight is 316 g/mol. The van der Waals surface area contributed by atoms with E-state index in [-0.39, 0.29) is 10.2 Å². The maximum Gasteiger partial charge on any atom is 0.241 e. The molecule has 0 N–H and O–H groups in total. The van der Waals surface area contributed by atoms with E-state index in [0.717, 1.165) is 17.8 Å². The molecule has 3 atom stereocenters. The van der Waals surface area contributed by atoms with Crippen LogP contribution in [0.25, 0.3) is 0 Å². The van der Waals surface area contributed by atoms with Gasteiger partial charge in [0.25, 0.3) is 0 Å². The number of likely N-dealkylation sites (tertiary alicyclic amines) is 1. The molecule has 1 aliphatic rings. The second-order valence-electron chi connectivity index (χ2n) is 5.67. The van der Waals surface area contributed by atoms with Gasteiger partial charge in [0, 0.05) is 24.7 Å². The van der Waals surface area contributed by atoms with Gasteiger partial charge in [0.2, 0.25) is 20.1 Å². The molecule has 0 unspecified atom stereocenters. The van der Waals surface area contributed by atoms with E-state index in [1.165, 1.54) is 13.1 Å². The van der Waals surface area contributed by atoms with Crippen LogP contribution in [0.1, 0.15) is 27.2 Å². The van der Waals surface area contributed by atoms with E-state index in [4.69, 9.17) is 0 Å². The van der Waals surface area contributed by atoms with Gasteiger partial charge in [0.1, 0.15) is 5.25 Å². The van der Waals surface area contributed by atoms with Gasteiger partial charge in [0.15, 0.2) is 0 Å². The van der Waals surface area contributed by atoms with Crippen LogP contribution in [0.3, 0.4) is 0 Å². The number of carbonyl (C=O) groups excluding carboxylic acids is 1. The van der Waals surface area contributed by atoms with E-state index in [1.54, 1.807) is 10.3 Å². The van der Waals surface area contributed by atoms with Gasteiger partial charge in [-0.05, 0) is 25.2 Å². The molecule has 1 saturated heterocycles. The molecule has 0 aromatic carbocycles. The highest BCUT2D eigenvalue weighted by molar-refractivity contribution is 7.94. The number of piperidine rings is 1. The van der Waals surface area contributed by atoms with Crippen molar-refractivity contribution in [2.45, 2.75) is 36.8 Å². The zero-order valence-electron chi connectivity index (χ0n) is 11.9. The van der Waals surface area contributed by atoms with E-state index >= 15 is 0 Å². The largest absolute Gasteiger partial charge is 0.341 e. The van der Waals surface area contributed by atoms with Crippen LogP contribution in [0.15, 0.2) is 15.9 Å². The molecule has 2 heterocycles. The highest BCUT2D eigenvalue weighted by Gasteiger charge is 2.36. The van der Waals surface area contributed by atoms with Crippen LogP contribution < -0.4 is 0 Å². The minimum Gasteiger partial charge on any atom is -0.341 e. The fourth-order valence-corrected chi connectivity index (χ4v) is 5.16. The Balaban J connectivity index is 2.17. The molecule has 1 aromatic rings. The number of thiazole rings is 1. The lowest BCUT2D eigenvalue weighted by molar-refractivity contribution is -0.133. The predicted molar refractivity (Wildman–Crippen MR) is 78.3 cm³/mol. The Morgan fingerprint density at radius 2 is 2.00 bits per heavy atom. The smallest absolute Gasteiger partial charge is 0.241 e. The minimum atomic E-state index is -3.66. The third-order valence-corrected chi connectivity index (χ3v) is 6.92. The molecule has 5 nitrogen and oxygen atoms in total. The Kier molecular flexibility index (Phi) is 4.49. The van der Waals surface area contributed by atoms with Crippen molar-refractivity contribution in [1.29, 1.82) is 0 Å². The zero-order chi connectivity index (χ0) is 14.9. The van der Waals surface area contributed by atoms with Crippen molar-refractivity contribution in [3.63, 3.8) is 0 Å². The van der Waals surface area contributed by atoms with Crippen molar-refractivity contribution in [2.75, 3.05) is 13.1 Å². The summed E-state index contributed by atoms with van der Waals surface area (Å²) in [5.74, 6) is 0.522. The summed E-state index contributed by atoms with van der Waals surface area (Å²) in [5, 5.41) is 0.543. The van der Waals surface area contributed by atoms with Crippen molar-refractivity contribution in [3.8, 4) is 0 Å². The normalized spacial score (nSPS) is 25.4. The van der Waals surface area contributed by atoms with Gasteiger partial charge in [-0.25, -0.2) is 13.4 Å². The molecular formula is C13H20N2O3S2. The fraction of sp³-hybridized carbons (Fsp3) is 0.692. The standard InChI is InChI=1S/C13H20N2O3S2/c1-9-6-10(2)8-15(7-9)12(16)11(3)20(17,18)13-14-4-5-19-13/h4-5,9-11H,6-8H2,1-3H3/t9-,10+,11-/m0/s1. The Morgan fingerprint density at radius 1 is 1.40 bits per heavy atom. The number of rotatable bonds is 3. The Labute approximate surface area is 123 Å². The summed E-state index contributed by atoms with van der Waals surface area (Å²) in [6, 6.07) is 0. The first kappa shape index (κ1) is 15.4. The molecular weight excluding hydrogens is 296 g/mol. The van der Waals surface area contributed by atoms with Crippen LogP contribution in [0.2, 0.25) is 0 Å². The molecule has 1 aromatic heterocycles. The monoisotopic (exact) mass is 316 g/mol. The third kappa shape index (κ3) is 3.03. The topological polar surface area (TPSA) is 67.3 Å².